The minimum absolute atomic E-state index is 0.265. The van der Waals surface area contributed by atoms with Crippen molar-refractivity contribution in [3.63, 3.8) is 0 Å². The lowest BCUT2D eigenvalue weighted by atomic mass is 9.83. The predicted octanol–water partition coefficient (Wildman–Crippen LogP) is 3.65. The molecule has 0 spiro atoms. The summed E-state index contributed by atoms with van der Waals surface area (Å²) >= 11 is 0. The van der Waals surface area contributed by atoms with Crippen LogP contribution in [0.3, 0.4) is 0 Å². The first-order valence-electron chi connectivity index (χ1n) is 8.57. The van der Waals surface area contributed by atoms with Gasteiger partial charge in [0.05, 0.1) is 12.3 Å². The summed E-state index contributed by atoms with van der Waals surface area (Å²) in [6.45, 7) is 1.84. The quantitative estimate of drug-likeness (QED) is 0.570. The normalized spacial score (nSPS) is 23.0. The molecule has 128 valence electrons. The lowest BCUT2D eigenvalue weighted by molar-refractivity contribution is -0.163. The van der Waals surface area contributed by atoms with E-state index in [2.05, 4.69) is 0 Å². The van der Waals surface area contributed by atoms with Gasteiger partial charge >= 0.3 is 5.63 Å². The van der Waals surface area contributed by atoms with Crippen molar-refractivity contribution in [2.24, 2.45) is 0 Å². The Balaban J connectivity index is 2.02. The lowest BCUT2D eigenvalue weighted by Gasteiger charge is -2.38. The van der Waals surface area contributed by atoms with E-state index in [1.165, 1.54) is 0 Å². The van der Waals surface area contributed by atoms with Crippen molar-refractivity contribution >= 4 is 16.7 Å². The molecule has 0 amide bonds. The zero-order valence-corrected chi connectivity index (χ0v) is 14.0. The molecule has 2 heterocycles. The van der Waals surface area contributed by atoms with Gasteiger partial charge in [-0.3, -0.25) is 0 Å². The Hall–Kier alpha value is -2.79. The van der Waals surface area contributed by atoms with Gasteiger partial charge in [0, 0.05) is 32.1 Å². The van der Waals surface area contributed by atoms with Gasteiger partial charge in [0.15, 0.2) is 0 Å². The molecule has 0 radical (unpaired) electrons. The second-order valence-electron chi connectivity index (χ2n) is 6.42. The summed E-state index contributed by atoms with van der Waals surface area (Å²) in [4.78, 5) is 12.8. The van der Waals surface area contributed by atoms with E-state index in [1.54, 1.807) is 37.4 Å². The maximum atomic E-state index is 12.8. The van der Waals surface area contributed by atoms with Crippen molar-refractivity contribution in [1.82, 2.24) is 0 Å². The highest BCUT2D eigenvalue weighted by molar-refractivity contribution is 5.85. The van der Waals surface area contributed by atoms with Crippen LogP contribution >= 0.6 is 0 Å². The summed E-state index contributed by atoms with van der Waals surface area (Å²) in [7, 11) is 1.58. The molecule has 3 aromatic rings. The second kappa shape index (κ2) is 5.63. The fourth-order valence-corrected chi connectivity index (χ4v) is 3.35. The van der Waals surface area contributed by atoms with E-state index in [0.717, 1.165) is 5.56 Å². The van der Waals surface area contributed by atoms with Gasteiger partial charge in [-0.25, -0.2) is 4.79 Å². The van der Waals surface area contributed by atoms with E-state index in [-0.39, 0.29) is 5.92 Å². The van der Waals surface area contributed by atoms with Gasteiger partial charge in [-0.1, -0.05) is 24.2 Å². The zero-order chi connectivity index (χ0) is 18.5. The van der Waals surface area contributed by atoms with Crippen LogP contribution in [0.15, 0.2) is 57.7 Å². The monoisotopic (exact) mass is 339 g/mol. The molecule has 2 unspecified atom stereocenters. The topological polar surface area (TPSA) is 74.7 Å². The molecular weight excluding hydrogens is 318 g/mol. The van der Waals surface area contributed by atoms with Crippen molar-refractivity contribution in [3.8, 4) is 5.75 Å². The van der Waals surface area contributed by atoms with Crippen LogP contribution in [0.25, 0.3) is 11.0 Å². The summed E-state index contributed by atoms with van der Waals surface area (Å²) in [5, 5.41) is 0.593. The fourth-order valence-electron chi connectivity index (χ4n) is 3.35. The number of hydrogen-bond acceptors (Lipinski definition) is 5. The number of hydrogen-bond donors (Lipinski definition) is 1. The van der Waals surface area contributed by atoms with Gasteiger partial charge in [0.1, 0.15) is 11.3 Å². The van der Waals surface area contributed by atoms with Crippen LogP contribution in [0.2, 0.25) is 0 Å². The third kappa shape index (κ3) is 2.57. The molecular formula is C20H19NO4. The number of rotatable bonds is 2. The minimum Gasteiger partial charge on any atom is -0.461 e. The van der Waals surface area contributed by atoms with E-state index in [9.17, 15) is 4.79 Å². The number of fused-ring (bicyclic) bond motifs is 3. The largest absolute Gasteiger partial charge is 0.461 e. The third-order valence-electron chi connectivity index (χ3n) is 4.75. The van der Waals surface area contributed by atoms with Crippen molar-refractivity contribution in [2.45, 2.75) is 25.0 Å². The molecule has 1 aliphatic heterocycles. The summed E-state index contributed by atoms with van der Waals surface area (Å²) in [6.07, 6.45) is 0.456. The number of benzene rings is 2. The minimum atomic E-state index is -0.905. The van der Waals surface area contributed by atoms with Crippen molar-refractivity contribution in [2.75, 3.05) is 12.8 Å². The molecule has 4 rings (SSSR count). The second-order valence-corrected chi connectivity index (χ2v) is 6.42. The van der Waals surface area contributed by atoms with Crippen molar-refractivity contribution in [3.05, 3.63) is 70.1 Å². The molecule has 1 aliphatic rings. The first-order valence-corrected chi connectivity index (χ1v) is 8.07. The van der Waals surface area contributed by atoms with Crippen LogP contribution < -0.4 is 16.1 Å². The molecule has 1 aromatic heterocycles. The van der Waals surface area contributed by atoms with Crippen LogP contribution in [-0.2, 0) is 4.74 Å². The number of anilines is 1. The Bertz CT molecular complexity index is 1040. The van der Waals surface area contributed by atoms with E-state index >= 15 is 0 Å². The smallest absolute Gasteiger partial charge is 0.343 e. The average Bonchev–Trinajstić information content (AvgIpc) is 2.62. The highest BCUT2D eigenvalue weighted by Gasteiger charge is 2.41. The van der Waals surface area contributed by atoms with Gasteiger partial charge in [-0.15, -0.1) is 0 Å². The van der Waals surface area contributed by atoms with Gasteiger partial charge in [-0.2, -0.15) is 0 Å². The molecule has 0 saturated heterocycles. The summed E-state index contributed by atoms with van der Waals surface area (Å²) in [5.41, 5.74) is 7.78. The Morgan fingerprint density at radius 1 is 1.28 bits per heavy atom. The Labute approximate surface area is 146 Å². The Morgan fingerprint density at radius 3 is 2.76 bits per heavy atom. The Kier molecular flexibility index (Phi) is 3.28. The van der Waals surface area contributed by atoms with Crippen molar-refractivity contribution in [1.29, 1.82) is 0 Å². The molecule has 2 atom stereocenters. The van der Waals surface area contributed by atoms with Crippen LogP contribution in [0.1, 0.15) is 31.8 Å². The standard InChI is InChI=1S/C20H19NO4/c1-20(23-2)11-15(12-7-9-13(21)10-8-12)17-18(25-20)14-5-3-4-6-16(14)24-19(17)22/h3-10,15H,11,21H2,1-2H3/i3T. The maximum Gasteiger partial charge on any atom is 0.343 e. The predicted molar refractivity (Wildman–Crippen MR) is 95.8 cm³/mol. The lowest BCUT2D eigenvalue weighted by Crippen LogP contribution is -2.41. The van der Waals surface area contributed by atoms with E-state index in [1.807, 2.05) is 19.1 Å². The van der Waals surface area contributed by atoms with E-state index in [0.29, 0.717) is 40.4 Å². The molecule has 2 N–H and O–H groups in total. The summed E-state index contributed by atoms with van der Waals surface area (Å²) < 4.78 is 25.1. The van der Waals surface area contributed by atoms with Crippen LogP contribution in [-0.4, -0.2) is 12.9 Å². The number of ether oxygens (including phenoxy) is 2. The highest BCUT2D eigenvalue weighted by Crippen LogP contribution is 2.45. The van der Waals surface area contributed by atoms with E-state index < -0.39 is 11.4 Å². The molecule has 0 fully saturated rings. The average molecular weight is 339 g/mol. The van der Waals surface area contributed by atoms with Crippen LogP contribution in [0.4, 0.5) is 5.69 Å². The fraction of sp³-hybridized carbons (Fsp3) is 0.250. The SMILES string of the molecule is [3H]c1ccc2oc(=O)c3c(c2c1)OC(C)(OC)CC3c1ccc(N)cc1. The molecule has 0 bridgehead atoms. The van der Waals surface area contributed by atoms with Crippen LogP contribution in [0, 0.1) is 0 Å². The van der Waals surface area contributed by atoms with Gasteiger partial charge < -0.3 is 19.6 Å². The van der Waals surface area contributed by atoms with Crippen LogP contribution in [0.5, 0.6) is 5.75 Å². The molecule has 0 saturated carbocycles. The molecule has 2 aromatic carbocycles. The number of nitrogen functional groups attached to an aromatic ring is 1. The highest BCUT2D eigenvalue weighted by atomic mass is 16.7. The van der Waals surface area contributed by atoms with Gasteiger partial charge in [-0.05, 0) is 29.8 Å². The third-order valence-corrected chi connectivity index (χ3v) is 4.75. The van der Waals surface area contributed by atoms with Crippen molar-refractivity contribution < 1.29 is 15.3 Å². The van der Waals surface area contributed by atoms with Gasteiger partial charge in [0.2, 0.25) is 5.79 Å². The maximum absolute atomic E-state index is 12.8. The van der Waals surface area contributed by atoms with E-state index in [4.69, 9.17) is 21.0 Å². The number of para-hydroxylation sites is 1. The first kappa shape index (κ1) is 14.5. The number of nitrogens with two attached hydrogens (primary N) is 1. The molecule has 25 heavy (non-hydrogen) atoms. The molecule has 5 nitrogen and oxygen atoms in total. The molecule has 0 aliphatic carbocycles. The first-order chi connectivity index (χ1) is 12.4. The summed E-state index contributed by atoms with van der Waals surface area (Å²) in [6, 6.07) is 12.5. The number of methoxy groups -OCH3 is 1. The zero-order valence-electron chi connectivity index (χ0n) is 15.0. The van der Waals surface area contributed by atoms with Gasteiger partial charge in [0.25, 0.3) is 0 Å². The summed E-state index contributed by atoms with van der Waals surface area (Å²) in [5.74, 6) is -0.750. The molecule has 5 heteroatoms. The Morgan fingerprint density at radius 2 is 2.04 bits per heavy atom.